The Hall–Kier alpha value is -3.06. The molecule has 0 unspecified atom stereocenters. The topological polar surface area (TPSA) is 51.2 Å². The molecule has 0 spiro atoms. The van der Waals surface area contributed by atoms with Gasteiger partial charge in [-0.05, 0) is 35.9 Å². The van der Waals surface area contributed by atoms with Gasteiger partial charge in [0, 0.05) is 11.8 Å². The van der Waals surface area contributed by atoms with Crippen LogP contribution in [0.3, 0.4) is 0 Å². The molecule has 0 aliphatic rings. The van der Waals surface area contributed by atoms with E-state index in [1.165, 1.54) is 0 Å². The lowest BCUT2D eigenvalue weighted by Crippen LogP contribution is -2.23. The van der Waals surface area contributed by atoms with Crippen molar-refractivity contribution in [2.75, 3.05) is 0 Å². The minimum Gasteiger partial charge on any atom is -0.489 e. The van der Waals surface area contributed by atoms with Crippen molar-refractivity contribution in [3.63, 3.8) is 0 Å². The maximum atomic E-state index is 12.6. The van der Waals surface area contributed by atoms with Crippen molar-refractivity contribution in [2.45, 2.75) is 19.3 Å². The van der Waals surface area contributed by atoms with E-state index in [4.69, 9.17) is 16.3 Å². The molecule has 0 bridgehead atoms. The minimum atomic E-state index is -4.53. The fraction of sp³-hybridized carbons (Fsp3) is 0.143. The van der Waals surface area contributed by atoms with Gasteiger partial charge in [-0.3, -0.25) is 9.78 Å². The van der Waals surface area contributed by atoms with Gasteiger partial charge in [0.2, 0.25) is 0 Å². The van der Waals surface area contributed by atoms with Crippen molar-refractivity contribution in [1.29, 1.82) is 0 Å². The second-order valence-corrected chi connectivity index (χ2v) is 6.54. The molecule has 1 amide bonds. The zero-order chi connectivity index (χ0) is 20.9. The lowest BCUT2D eigenvalue weighted by Gasteiger charge is -2.10. The van der Waals surface area contributed by atoms with Crippen LogP contribution < -0.4 is 10.1 Å². The van der Waals surface area contributed by atoms with Crippen LogP contribution in [0.2, 0.25) is 5.02 Å². The fourth-order valence-corrected chi connectivity index (χ4v) is 2.69. The molecule has 0 aliphatic heterocycles. The van der Waals surface area contributed by atoms with Gasteiger partial charge in [0.05, 0.1) is 22.8 Å². The van der Waals surface area contributed by atoms with Crippen LogP contribution >= 0.6 is 11.6 Å². The molecule has 3 aromatic rings. The van der Waals surface area contributed by atoms with E-state index in [-0.39, 0.29) is 17.3 Å². The number of hydrogen-bond acceptors (Lipinski definition) is 3. The summed E-state index contributed by atoms with van der Waals surface area (Å²) in [5.41, 5.74) is 0.606. The number of carbonyl (C=O) groups excluding carboxylic acids is 1. The van der Waals surface area contributed by atoms with Gasteiger partial charge in [0.15, 0.2) is 0 Å². The van der Waals surface area contributed by atoms with E-state index in [0.29, 0.717) is 24.1 Å². The first-order valence-corrected chi connectivity index (χ1v) is 8.97. The van der Waals surface area contributed by atoms with Crippen LogP contribution in [0.15, 0.2) is 66.9 Å². The Labute approximate surface area is 170 Å². The highest BCUT2D eigenvalue weighted by Gasteiger charge is 2.31. The molecule has 150 valence electrons. The summed E-state index contributed by atoms with van der Waals surface area (Å²) in [6, 6.07) is 17.0. The molecule has 4 nitrogen and oxygen atoms in total. The summed E-state index contributed by atoms with van der Waals surface area (Å²) < 4.78 is 43.6. The van der Waals surface area contributed by atoms with Crippen LogP contribution in [0.5, 0.6) is 5.75 Å². The molecule has 0 radical (unpaired) electrons. The summed E-state index contributed by atoms with van der Waals surface area (Å²) in [6.07, 6.45) is -3.84. The number of nitrogens with one attached hydrogen (secondary N) is 1. The normalized spacial score (nSPS) is 11.2. The number of ether oxygens (including phenoxy) is 1. The van der Waals surface area contributed by atoms with Gasteiger partial charge >= 0.3 is 6.18 Å². The largest absolute Gasteiger partial charge is 0.489 e. The number of alkyl halides is 3. The molecule has 0 saturated carbocycles. The summed E-state index contributed by atoms with van der Waals surface area (Å²) in [6.45, 7) is 0.312. The Morgan fingerprint density at radius 3 is 2.38 bits per heavy atom. The number of amides is 1. The summed E-state index contributed by atoms with van der Waals surface area (Å²) in [5.74, 6) is 0.204. The van der Waals surface area contributed by atoms with Crippen molar-refractivity contribution >= 4 is 17.5 Å². The zero-order valence-electron chi connectivity index (χ0n) is 15.0. The molecule has 0 aliphatic carbocycles. The second-order valence-electron chi connectivity index (χ2n) is 6.13. The smallest absolute Gasteiger partial charge is 0.417 e. The first-order chi connectivity index (χ1) is 13.8. The lowest BCUT2D eigenvalue weighted by atomic mass is 10.2. The Kier molecular flexibility index (Phi) is 6.39. The standard InChI is InChI=1S/C21H16ClF3N2O2/c22-18-10-16(21(23,24)25)11-26-19(18)12-27-20(28)15-6-8-17(9-7-15)29-13-14-4-2-1-3-5-14/h1-11H,12-13H2,(H,27,28). The molecule has 8 heteroatoms. The molecule has 29 heavy (non-hydrogen) atoms. The molecule has 1 aromatic heterocycles. The number of rotatable bonds is 6. The van der Waals surface area contributed by atoms with Gasteiger partial charge < -0.3 is 10.1 Å². The van der Waals surface area contributed by atoms with E-state index in [0.717, 1.165) is 11.6 Å². The average Bonchev–Trinajstić information content (AvgIpc) is 2.71. The van der Waals surface area contributed by atoms with Crippen LogP contribution in [0.25, 0.3) is 0 Å². The highest BCUT2D eigenvalue weighted by molar-refractivity contribution is 6.31. The third kappa shape index (κ3) is 5.71. The lowest BCUT2D eigenvalue weighted by molar-refractivity contribution is -0.137. The van der Waals surface area contributed by atoms with E-state index in [1.807, 2.05) is 30.3 Å². The number of halogens is 4. The number of hydrogen-bond donors (Lipinski definition) is 1. The van der Waals surface area contributed by atoms with Crippen LogP contribution in [0, 0.1) is 0 Å². The van der Waals surface area contributed by atoms with Gasteiger partial charge in [0.1, 0.15) is 12.4 Å². The van der Waals surface area contributed by atoms with Crippen molar-refractivity contribution in [2.24, 2.45) is 0 Å². The number of nitrogens with zero attached hydrogens (tertiary/aromatic N) is 1. The molecule has 1 N–H and O–H groups in total. The Bertz CT molecular complexity index is 977. The molecule has 0 atom stereocenters. The number of benzene rings is 2. The van der Waals surface area contributed by atoms with E-state index < -0.39 is 17.6 Å². The summed E-state index contributed by atoms with van der Waals surface area (Å²) in [5, 5.41) is 2.42. The molecule has 1 heterocycles. The highest BCUT2D eigenvalue weighted by Crippen LogP contribution is 2.31. The summed E-state index contributed by atoms with van der Waals surface area (Å²) >= 11 is 5.84. The monoisotopic (exact) mass is 420 g/mol. The second kappa shape index (κ2) is 8.96. The quantitative estimate of drug-likeness (QED) is 0.591. The minimum absolute atomic E-state index is 0.0952. The molecular formula is C21H16ClF3N2O2. The Balaban J connectivity index is 1.56. The molecule has 0 saturated heterocycles. The van der Waals surface area contributed by atoms with Gasteiger partial charge in [-0.1, -0.05) is 41.9 Å². The first kappa shape index (κ1) is 20.7. The maximum absolute atomic E-state index is 12.6. The zero-order valence-corrected chi connectivity index (χ0v) is 15.8. The van der Waals surface area contributed by atoms with Crippen molar-refractivity contribution < 1.29 is 22.7 Å². The van der Waals surface area contributed by atoms with Crippen LogP contribution in [-0.4, -0.2) is 10.9 Å². The van der Waals surface area contributed by atoms with Crippen molar-refractivity contribution in [3.8, 4) is 5.75 Å². The first-order valence-electron chi connectivity index (χ1n) is 8.59. The van der Waals surface area contributed by atoms with Crippen LogP contribution in [-0.2, 0) is 19.3 Å². The third-order valence-corrected chi connectivity index (χ3v) is 4.35. The van der Waals surface area contributed by atoms with Gasteiger partial charge in [-0.2, -0.15) is 13.2 Å². The maximum Gasteiger partial charge on any atom is 0.417 e. The summed E-state index contributed by atoms with van der Waals surface area (Å²) in [4.78, 5) is 15.9. The number of aromatic nitrogens is 1. The molecule has 2 aromatic carbocycles. The predicted molar refractivity (Wildman–Crippen MR) is 103 cm³/mol. The Morgan fingerprint density at radius 2 is 1.76 bits per heavy atom. The average molecular weight is 421 g/mol. The predicted octanol–water partition coefficient (Wildman–Crippen LogP) is 5.26. The molecule has 0 fully saturated rings. The van der Waals surface area contributed by atoms with Crippen LogP contribution in [0.4, 0.5) is 13.2 Å². The van der Waals surface area contributed by atoms with E-state index in [2.05, 4.69) is 10.3 Å². The summed E-state index contributed by atoms with van der Waals surface area (Å²) in [7, 11) is 0. The van der Waals surface area contributed by atoms with E-state index in [1.54, 1.807) is 24.3 Å². The SMILES string of the molecule is O=C(NCc1ncc(C(F)(F)F)cc1Cl)c1ccc(OCc2ccccc2)cc1. The molecule has 3 rings (SSSR count). The van der Waals surface area contributed by atoms with Gasteiger partial charge in [-0.15, -0.1) is 0 Å². The van der Waals surface area contributed by atoms with Gasteiger partial charge in [0.25, 0.3) is 5.91 Å². The van der Waals surface area contributed by atoms with Crippen molar-refractivity contribution in [3.05, 3.63) is 94.3 Å². The van der Waals surface area contributed by atoms with Gasteiger partial charge in [-0.25, -0.2) is 0 Å². The highest BCUT2D eigenvalue weighted by atomic mass is 35.5. The van der Waals surface area contributed by atoms with E-state index >= 15 is 0 Å². The Morgan fingerprint density at radius 1 is 1.07 bits per heavy atom. The van der Waals surface area contributed by atoms with Crippen molar-refractivity contribution in [1.82, 2.24) is 10.3 Å². The molecular weight excluding hydrogens is 405 g/mol. The third-order valence-electron chi connectivity index (χ3n) is 4.03. The van der Waals surface area contributed by atoms with Crippen LogP contribution in [0.1, 0.15) is 27.2 Å². The number of pyridine rings is 1. The van der Waals surface area contributed by atoms with E-state index in [9.17, 15) is 18.0 Å². The fourth-order valence-electron chi connectivity index (χ4n) is 2.46. The number of carbonyl (C=O) groups is 1.